The van der Waals surface area contributed by atoms with Crippen LogP contribution in [0.15, 0.2) is 42.5 Å². The zero-order chi connectivity index (χ0) is 20.8. The average Bonchev–Trinajstić information content (AvgIpc) is 3.06. The lowest BCUT2D eigenvalue weighted by Gasteiger charge is -2.30. The predicted molar refractivity (Wildman–Crippen MR) is 115 cm³/mol. The van der Waals surface area contributed by atoms with Crippen molar-refractivity contribution >= 4 is 11.7 Å². The van der Waals surface area contributed by atoms with Crippen LogP contribution in [-0.4, -0.2) is 41.1 Å². The molecule has 2 heterocycles. The Bertz CT molecular complexity index is 1150. The maximum Gasteiger partial charge on any atom is 0.226 e. The first-order valence-corrected chi connectivity index (χ1v) is 10.2. The van der Waals surface area contributed by atoms with E-state index in [0.29, 0.717) is 40.1 Å². The van der Waals surface area contributed by atoms with Gasteiger partial charge in [0.05, 0.1) is 24.1 Å². The maximum atomic E-state index is 13.3. The lowest BCUT2D eigenvalue weighted by Crippen LogP contribution is -2.34. The number of hydrogen-bond donors (Lipinski definition) is 1. The number of anilines is 1. The zero-order valence-electron chi connectivity index (χ0n) is 17.1. The molecule has 0 atom stereocenters. The van der Waals surface area contributed by atoms with E-state index in [1.165, 1.54) is 7.11 Å². The second kappa shape index (κ2) is 7.13. The Morgan fingerprint density at radius 2 is 1.73 bits per heavy atom. The maximum absolute atomic E-state index is 13.3. The summed E-state index contributed by atoms with van der Waals surface area (Å²) in [4.78, 5) is 25.2. The molecule has 1 fully saturated rings. The van der Waals surface area contributed by atoms with E-state index in [1.807, 2.05) is 24.3 Å². The molecular weight excluding hydrogens is 378 g/mol. The van der Waals surface area contributed by atoms with Gasteiger partial charge in [-0.3, -0.25) is 4.79 Å². The molecule has 6 nitrogen and oxygen atoms in total. The number of phenols is 1. The highest BCUT2D eigenvalue weighted by Gasteiger charge is 2.33. The highest BCUT2D eigenvalue weighted by Crippen LogP contribution is 2.42. The molecule has 0 amide bonds. The van der Waals surface area contributed by atoms with Crippen LogP contribution >= 0.6 is 0 Å². The third-order valence-corrected chi connectivity index (χ3v) is 6.07. The summed E-state index contributed by atoms with van der Waals surface area (Å²) in [6.45, 7) is 4.06. The first-order chi connectivity index (χ1) is 14.6. The van der Waals surface area contributed by atoms with Gasteiger partial charge in [-0.15, -0.1) is 0 Å². The standard InChI is InChI=1S/C24H23N3O3/c1-14-9-11-27(12-10-14)24-25-21(15-7-8-18(28)19(13-15)30-2)20-22(26-24)16-5-3-4-6-17(16)23(20)29/h3-8,13-14,28H,9-12H2,1-2H3. The molecule has 6 heteroatoms. The van der Waals surface area contributed by atoms with Crippen LogP contribution in [0.1, 0.15) is 35.7 Å². The quantitative estimate of drug-likeness (QED) is 0.551. The van der Waals surface area contributed by atoms with Crippen LogP contribution in [0.5, 0.6) is 11.5 Å². The second-order valence-corrected chi connectivity index (χ2v) is 8.03. The van der Waals surface area contributed by atoms with E-state index in [4.69, 9.17) is 14.7 Å². The minimum absolute atomic E-state index is 0.0480. The fourth-order valence-corrected chi connectivity index (χ4v) is 4.27. The Balaban J connectivity index is 1.72. The fraction of sp³-hybridized carbons (Fsp3) is 0.292. The third kappa shape index (κ3) is 2.91. The van der Waals surface area contributed by atoms with Crippen LogP contribution in [0.25, 0.3) is 22.5 Å². The number of piperidine rings is 1. The summed E-state index contributed by atoms with van der Waals surface area (Å²) in [7, 11) is 1.50. The molecule has 3 aromatic rings. The van der Waals surface area contributed by atoms with Gasteiger partial charge in [0, 0.05) is 29.8 Å². The minimum Gasteiger partial charge on any atom is -0.504 e. The van der Waals surface area contributed by atoms with E-state index in [9.17, 15) is 9.90 Å². The molecule has 0 spiro atoms. The van der Waals surface area contributed by atoms with Gasteiger partial charge in [0.15, 0.2) is 17.3 Å². The summed E-state index contributed by atoms with van der Waals surface area (Å²) in [5.41, 5.74) is 3.99. The smallest absolute Gasteiger partial charge is 0.226 e. The largest absolute Gasteiger partial charge is 0.504 e. The van der Waals surface area contributed by atoms with E-state index in [1.54, 1.807) is 18.2 Å². The Morgan fingerprint density at radius 3 is 2.47 bits per heavy atom. The van der Waals surface area contributed by atoms with Crippen molar-refractivity contribution in [2.45, 2.75) is 19.8 Å². The number of hydrogen-bond acceptors (Lipinski definition) is 6. The summed E-state index contributed by atoms with van der Waals surface area (Å²) >= 11 is 0. The first-order valence-electron chi connectivity index (χ1n) is 10.2. The number of carbonyl (C=O) groups excluding carboxylic acids is 1. The van der Waals surface area contributed by atoms with Crippen molar-refractivity contribution in [3.8, 4) is 34.0 Å². The molecule has 0 unspecified atom stereocenters. The molecule has 2 aliphatic rings. The van der Waals surface area contributed by atoms with Crippen molar-refractivity contribution in [1.82, 2.24) is 9.97 Å². The van der Waals surface area contributed by atoms with Crippen LogP contribution in [0, 0.1) is 5.92 Å². The molecule has 1 aliphatic carbocycles. The van der Waals surface area contributed by atoms with Crippen LogP contribution in [0.2, 0.25) is 0 Å². The van der Waals surface area contributed by atoms with Gasteiger partial charge in [0.1, 0.15) is 0 Å². The van der Waals surface area contributed by atoms with Crippen molar-refractivity contribution in [2.75, 3.05) is 25.1 Å². The Labute approximate surface area is 175 Å². The number of aromatic hydroxyl groups is 1. The molecule has 0 saturated carbocycles. The van der Waals surface area contributed by atoms with Crippen molar-refractivity contribution in [3.05, 3.63) is 53.6 Å². The lowest BCUT2D eigenvalue weighted by molar-refractivity contribution is 0.104. The van der Waals surface area contributed by atoms with Gasteiger partial charge in [0.25, 0.3) is 0 Å². The molecule has 1 saturated heterocycles. The van der Waals surface area contributed by atoms with E-state index < -0.39 is 0 Å². The summed E-state index contributed by atoms with van der Waals surface area (Å²) < 4.78 is 5.28. The van der Waals surface area contributed by atoms with Crippen LogP contribution < -0.4 is 9.64 Å². The van der Waals surface area contributed by atoms with Crippen molar-refractivity contribution in [1.29, 1.82) is 0 Å². The van der Waals surface area contributed by atoms with Gasteiger partial charge >= 0.3 is 0 Å². The Hall–Kier alpha value is -3.41. The minimum atomic E-state index is -0.0681. The number of carbonyl (C=O) groups is 1. The highest BCUT2D eigenvalue weighted by atomic mass is 16.5. The summed E-state index contributed by atoms with van der Waals surface area (Å²) in [6, 6.07) is 12.6. The van der Waals surface area contributed by atoms with Gasteiger partial charge in [-0.1, -0.05) is 31.2 Å². The van der Waals surface area contributed by atoms with Gasteiger partial charge in [-0.05, 0) is 37.0 Å². The monoisotopic (exact) mass is 401 g/mol. The molecule has 152 valence electrons. The van der Waals surface area contributed by atoms with Gasteiger partial charge < -0.3 is 14.7 Å². The normalized spacial score (nSPS) is 15.8. The molecule has 1 N–H and O–H groups in total. The van der Waals surface area contributed by atoms with Crippen molar-refractivity contribution in [2.24, 2.45) is 5.92 Å². The summed E-state index contributed by atoms with van der Waals surface area (Å²) in [5.74, 6) is 1.66. The van der Waals surface area contributed by atoms with Crippen LogP contribution in [0.4, 0.5) is 5.95 Å². The van der Waals surface area contributed by atoms with E-state index in [-0.39, 0.29) is 11.5 Å². The lowest BCUT2D eigenvalue weighted by atomic mass is 9.99. The number of fused-ring (bicyclic) bond motifs is 3. The van der Waals surface area contributed by atoms with Crippen LogP contribution in [0.3, 0.4) is 0 Å². The van der Waals surface area contributed by atoms with E-state index in [0.717, 1.165) is 37.1 Å². The van der Waals surface area contributed by atoms with Crippen LogP contribution in [-0.2, 0) is 0 Å². The first kappa shape index (κ1) is 18.6. The van der Waals surface area contributed by atoms with Crippen molar-refractivity contribution in [3.63, 3.8) is 0 Å². The third-order valence-electron chi connectivity index (χ3n) is 6.07. The topological polar surface area (TPSA) is 75.5 Å². The predicted octanol–water partition coefficient (Wildman–Crippen LogP) is 4.31. The Kier molecular flexibility index (Phi) is 4.42. The number of benzene rings is 2. The number of ether oxygens (including phenoxy) is 1. The highest BCUT2D eigenvalue weighted by molar-refractivity contribution is 6.23. The number of rotatable bonds is 3. The summed E-state index contributed by atoms with van der Waals surface area (Å²) in [6.07, 6.45) is 2.19. The molecular formula is C24H23N3O3. The second-order valence-electron chi connectivity index (χ2n) is 8.03. The molecule has 30 heavy (non-hydrogen) atoms. The van der Waals surface area contributed by atoms with Gasteiger partial charge in [0.2, 0.25) is 5.95 Å². The Morgan fingerprint density at radius 1 is 1.03 bits per heavy atom. The molecule has 5 rings (SSSR count). The molecule has 0 radical (unpaired) electrons. The summed E-state index contributed by atoms with van der Waals surface area (Å²) in [5, 5.41) is 10.0. The van der Waals surface area contributed by atoms with Gasteiger partial charge in [-0.25, -0.2) is 9.97 Å². The number of aromatic nitrogens is 2. The number of phenolic OH excluding ortho intramolecular Hbond substituents is 1. The van der Waals surface area contributed by atoms with E-state index in [2.05, 4.69) is 11.8 Å². The van der Waals surface area contributed by atoms with Crippen molar-refractivity contribution < 1.29 is 14.6 Å². The average molecular weight is 401 g/mol. The fourth-order valence-electron chi connectivity index (χ4n) is 4.27. The number of ketones is 1. The van der Waals surface area contributed by atoms with Gasteiger partial charge in [-0.2, -0.15) is 0 Å². The molecule has 0 bridgehead atoms. The molecule has 1 aromatic heterocycles. The number of methoxy groups -OCH3 is 1. The number of nitrogens with zero attached hydrogens (tertiary/aromatic N) is 3. The molecule has 2 aromatic carbocycles. The van der Waals surface area contributed by atoms with E-state index >= 15 is 0 Å². The SMILES string of the molecule is COc1cc(-c2nc(N3CCC(C)CC3)nc3c2C(=O)c2ccccc2-3)ccc1O. The zero-order valence-corrected chi connectivity index (χ0v) is 17.1. The molecule has 1 aliphatic heterocycles.